The summed E-state index contributed by atoms with van der Waals surface area (Å²) in [6.45, 7) is 6.53. The Bertz CT molecular complexity index is 295. The average molecular weight is 238 g/mol. The smallest absolute Gasteiger partial charge is 0.0341 e. The molecule has 0 aromatic heterocycles. The highest BCUT2D eigenvalue weighted by atomic mass is 32.2. The molecule has 1 aromatic carbocycles. The number of thioether (sulfide) groups is 1. The molecule has 0 aliphatic rings. The number of hydrazine groups is 1. The van der Waals surface area contributed by atoms with Crippen LogP contribution < -0.4 is 11.3 Å². The summed E-state index contributed by atoms with van der Waals surface area (Å²) in [5, 5.41) is 0.661. The van der Waals surface area contributed by atoms with Crippen molar-refractivity contribution in [3.8, 4) is 0 Å². The number of hydrogen-bond acceptors (Lipinski definition) is 3. The summed E-state index contributed by atoms with van der Waals surface area (Å²) in [5.74, 6) is 6.63. The minimum atomic E-state index is 0.357. The SMILES string of the molecule is Cc1ccc(CC(CSC(C)C)NN)cc1. The van der Waals surface area contributed by atoms with Crippen LogP contribution in [-0.4, -0.2) is 17.0 Å². The monoisotopic (exact) mass is 238 g/mol. The predicted octanol–water partition coefficient (Wildman–Crippen LogP) is 2.51. The lowest BCUT2D eigenvalue weighted by Crippen LogP contribution is -2.39. The topological polar surface area (TPSA) is 38.0 Å². The molecule has 0 heterocycles. The molecule has 3 N–H and O–H groups in total. The first-order chi connectivity index (χ1) is 7.61. The number of hydrogen-bond donors (Lipinski definition) is 2. The molecule has 0 saturated carbocycles. The molecule has 0 fully saturated rings. The lowest BCUT2D eigenvalue weighted by atomic mass is 10.1. The van der Waals surface area contributed by atoms with Gasteiger partial charge in [0.2, 0.25) is 0 Å². The van der Waals surface area contributed by atoms with Crippen molar-refractivity contribution in [1.29, 1.82) is 0 Å². The Balaban J connectivity index is 2.46. The van der Waals surface area contributed by atoms with E-state index in [1.54, 1.807) is 0 Å². The van der Waals surface area contributed by atoms with Gasteiger partial charge in [-0.1, -0.05) is 43.7 Å². The number of benzene rings is 1. The number of aryl methyl sites for hydroxylation is 1. The molecule has 2 nitrogen and oxygen atoms in total. The molecule has 1 rings (SSSR count). The van der Waals surface area contributed by atoms with Gasteiger partial charge in [0.05, 0.1) is 0 Å². The van der Waals surface area contributed by atoms with E-state index in [0.29, 0.717) is 11.3 Å². The molecular formula is C13H22N2S. The van der Waals surface area contributed by atoms with E-state index in [9.17, 15) is 0 Å². The van der Waals surface area contributed by atoms with Crippen molar-refractivity contribution in [3.05, 3.63) is 35.4 Å². The first kappa shape index (κ1) is 13.6. The van der Waals surface area contributed by atoms with Gasteiger partial charge in [0, 0.05) is 11.8 Å². The van der Waals surface area contributed by atoms with Crippen LogP contribution in [0.2, 0.25) is 0 Å². The van der Waals surface area contributed by atoms with Crippen molar-refractivity contribution in [2.45, 2.75) is 38.5 Å². The van der Waals surface area contributed by atoms with Crippen molar-refractivity contribution < 1.29 is 0 Å². The molecule has 0 aliphatic carbocycles. The maximum absolute atomic E-state index is 5.57. The maximum Gasteiger partial charge on any atom is 0.0341 e. The van der Waals surface area contributed by atoms with Crippen LogP contribution in [0.5, 0.6) is 0 Å². The van der Waals surface area contributed by atoms with E-state index < -0.39 is 0 Å². The molecule has 1 unspecified atom stereocenters. The van der Waals surface area contributed by atoms with Crippen LogP contribution in [0.25, 0.3) is 0 Å². The third kappa shape index (κ3) is 5.01. The van der Waals surface area contributed by atoms with Crippen LogP contribution in [0.15, 0.2) is 24.3 Å². The second-order valence-electron chi connectivity index (χ2n) is 4.44. The first-order valence-electron chi connectivity index (χ1n) is 5.75. The predicted molar refractivity (Wildman–Crippen MR) is 73.6 cm³/mol. The lowest BCUT2D eigenvalue weighted by Gasteiger charge is -2.16. The third-order valence-corrected chi connectivity index (χ3v) is 3.73. The molecule has 16 heavy (non-hydrogen) atoms. The van der Waals surface area contributed by atoms with Gasteiger partial charge in [-0.25, -0.2) is 0 Å². The fraction of sp³-hybridized carbons (Fsp3) is 0.538. The maximum atomic E-state index is 5.57. The van der Waals surface area contributed by atoms with E-state index in [-0.39, 0.29) is 0 Å². The molecule has 1 aromatic rings. The standard InChI is InChI=1S/C13H22N2S/c1-10(2)16-9-13(15-14)8-12-6-4-11(3)5-7-12/h4-7,10,13,15H,8-9,14H2,1-3H3. The lowest BCUT2D eigenvalue weighted by molar-refractivity contribution is 0.575. The molecule has 3 heteroatoms. The number of nitrogens with two attached hydrogens (primary N) is 1. The molecule has 0 spiro atoms. The fourth-order valence-corrected chi connectivity index (χ4v) is 2.31. The van der Waals surface area contributed by atoms with Crippen molar-refractivity contribution in [2.75, 3.05) is 5.75 Å². The zero-order valence-corrected chi connectivity index (χ0v) is 11.2. The van der Waals surface area contributed by atoms with Crippen LogP contribution >= 0.6 is 11.8 Å². The van der Waals surface area contributed by atoms with Gasteiger partial charge in [0.15, 0.2) is 0 Å². The highest BCUT2D eigenvalue weighted by Gasteiger charge is 2.08. The minimum absolute atomic E-state index is 0.357. The van der Waals surface area contributed by atoms with Crippen molar-refractivity contribution in [1.82, 2.24) is 5.43 Å². The summed E-state index contributed by atoms with van der Waals surface area (Å²) >= 11 is 1.94. The Morgan fingerprint density at radius 2 is 1.88 bits per heavy atom. The van der Waals surface area contributed by atoms with E-state index in [1.807, 2.05) is 11.8 Å². The third-order valence-electron chi connectivity index (χ3n) is 2.47. The summed E-state index contributed by atoms with van der Waals surface area (Å²) in [6, 6.07) is 9.02. The van der Waals surface area contributed by atoms with Crippen LogP contribution in [0.3, 0.4) is 0 Å². The number of nitrogens with one attached hydrogen (secondary N) is 1. The molecule has 90 valence electrons. The van der Waals surface area contributed by atoms with Crippen LogP contribution in [-0.2, 0) is 6.42 Å². The summed E-state index contributed by atoms with van der Waals surface area (Å²) in [7, 11) is 0. The summed E-state index contributed by atoms with van der Waals surface area (Å²) in [4.78, 5) is 0. The van der Waals surface area contributed by atoms with Gasteiger partial charge >= 0.3 is 0 Å². The van der Waals surface area contributed by atoms with Crippen molar-refractivity contribution in [3.63, 3.8) is 0 Å². The highest BCUT2D eigenvalue weighted by molar-refractivity contribution is 7.99. The molecule has 0 saturated heterocycles. The second kappa shape index (κ2) is 6.94. The van der Waals surface area contributed by atoms with Crippen molar-refractivity contribution >= 4 is 11.8 Å². The summed E-state index contributed by atoms with van der Waals surface area (Å²) in [6.07, 6.45) is 0.997. The molecule has 0 radical (unpaired) electrons. The first-order valence-corrected chi connectivity index (χ1v) is 6.80. The quantitative estimate of drug-likeness (QED) is 0.591. The van der Waals surface area contributed by atoms with Gasteiger partial charge < -0.3 is 0 Å². The zero-order valence-electron chi connectivity index (χ0n) is 10.4. The van der Waals surface area contributed by atoms with Gasteiger partial charge in [-0.3, -0.25) is 11.3 Å². The van der Waals surface area contributed by atoms with Gasteiger partial charge in [0.1, 0.15) is 0 Å². The summed E-state index contributed by atoms with van der Waals surface area (Å²) < 4.78 is 0. The summed E-state index contributed by atoms with van der Waals surface area (Å²) in [5.41, 5.74) is 5.55. The Labute approximate surface area is 103 Å². The highest BCUT2D eigenvalue weighted by Crippen LogP contribution is 2.13. The van der Waals surface area contributed by atoms with Crippen LogP contribution in [0, 0.1) is 6.92 Å². The normalized spacial score (nSPS) is 13.1. The fourth-order valence-electron chi connectivity index (χ4n) is 1.48. The van der Waals surface area contributed by atoms with Gasteiger partial charge in [0.25, 0.3) is 0 Å². The van der Waals surface area contributed by atoms with Gasteiger partial charge in [-0.05, 0) is 24.2 Å². The van der Waals surface area contributed by atoms with E-state index in [4.69, 9.17) is 5.84 Å². The Hall–Kier alpha value is -0.510. The molecular weight excluding hydrogens is 216 g/mol. The molecule has 0 amide bonds. The Morgan fingerprint density at radius 3 is 2.38 bits per heavy atom. The zero-order chi connectivity index (χ0) is 12.0. The van der Waals surface area contributed by atoms with Crippen LogP contribution in [0.4, 0.5) is 0 Å². The van der Waals surface area contributed by atoms with E-state index >= 15 is 0 Å². The molecule has 0 bridgehead atoms. The van der Waals surface area contributed by atoms with E-state index in [1.165, 1.54) is 11.1 Å². The van der Waals surface area contributed by atoms with Gasteiger partial charge in [-0.2, -0.15) is 11.8 Å². The van der Waals surface area contributed by atoms with Crippen LogP contribution in [0.1, 0.15) is 25.0 Å². The molecule has 1 atom stereocenters. The van der Waals surface area contributed by atoms with Crippen molar-refractivity contribution in [2.24, 2.45) is 5.84 Å². The second-order valence-corrected chi connectivity index (χ2v) is 6.04. The Kier molecular flexibility index (Phi) is 5.88. The largest absolute Gasteiger partial charge is 0.271 e. The van der Waals surface area contributed by atoms with E-state index in [2.05, 4.69) is 50.5 Å². The van der Waals surface area contributed by atoms with Gasteiger partial charge in [-0.15, -0.1) is 0 Å². The van der Waals surface area contributed by atoms with E-state index in [0.717, 1.165) is 12.2 Å². The Morgan fingerprint density at radius 1 is 1.25 bits per heavy atom. The average Bonchev–Trinajstić information content (AvgIpc) is 2.26. The minimum Gasteiger partial charge on any atom is -0.271 e. The number of rotatable bonds is 6. The molecule has 0 aliphatic heterocycles.